The van der Waals surface area contributed by atoms with E-state index in [0.717, 1.165) is 11.1 Å². The van der Waals surface area contributed by atoms with Gasteiger partial charge in [-0.25, -0.2) is 0 Å². The molecule has 0 aromatic heterocycles. The van der Waals surface area contributed by atoms with Crippen molar-refractivity contribution in [1.82, 2.24) is 0 Å². The zero-order valence-corrected chi connectivity index (χ0v) is 11.7. The van der Waals surface area contributed by atoms with Gasteiger partial charge in [-0.1, -0.05) is 18.6 Å². The summed E-state index contributed by atoms with van der Waals surface area (Å²) in [5, 5.41) is 20.1. The molecule has 2 aliphatic rings. The third kappa shape index (κ3) is 3.07. The number of carbonyl (C=O) groups is 1. The molecule has 2 rings (SSSR count). The van der Waals surface area contributed by atoms with Crippen LogP contribution < -0.4 is 0 Å². The molecule has 1 aliphatic heterocycles. The number of hydrogen-bond acceptors (Lipinski definition) is 4. The van der Waals surface area contributed by atoms with E-state index in [2.05, 4.69) is 0 Å². The first-order valence-electron chi connectivity index (χ1n) is 6.80. The average Bonchev–Trinajstić information content (AvgIpc) is 2.55. The zero-order chi connectivity index (χ0) is 14.2. The highest BCUT2D eigenvalue weighted by atomic mass is 16.6. The molecule has 5 atom stereocenters. The normalized spacial score (nSPS) is 45.5. The third-order valence-corrected chi connectivity index (χ3v) is 4.14. The summed E-state index contributed by atoms with van der Waals surface area (Å²) >= 11 is 0. The van der Waals surface area contributed by atoms with Gasteiger partial charge in [0.2, 0.25) is 0 Å². The summed E-state index contributed by atoms with van der Waals surface area (Å²) in [7, 11) is 0. The van der Waals surface area contributed by atoms with Gasteiger partial charge in [-0.15, -0.1) is 0 Å². The van der Waals surface area contributed by atoms with Crippen LogP contribution in [0.1, 0.15) is 33.6 Å². The fourth-order valence-corrected chi connectivity index (χ4v) is 2.88. The number of aliphatic hydroxyl groups is 2. The molecule has 1 fully saturated rings. The van der Waals surface area contributed by atoms with Crippen molar-refractivity contribution in [2.75, 3.05) is 0 Å². The number of aliphatic hydroxyl groups excluding tert-OH is 2. The van der Waals surface area contributed by atoms with E-state index >= 15 is 0 Å². The maximum Gasteiger partial charge on any atom is 0.309 e. The summed E-state index contributed by atoms with van der Waals surface area (Å²) in [6.07, 6.45) is 3.08. The maximum atomic E-state index is 11.7. The van der Waals surface area contributed by atoms with Crippen LogP contribution in [-0.4, -0.2) is 34.5 Å². The van der Waals surface area contributed by atoms with Crippen molar-refractivity contribution in [2.45, 2.75) is 51.9 Å². The number of ether oxygens (including phenoxy) is 1. The predicted octanol–water partition coefficient (Wildman–Crippen LogP) is 1.57. The minimum atomic E-state index is -0.633. The van der Waals surface area contributed by atoms with Gasteiger partial charge in [-0.2, -0.15) is 0 Å². The minimum Gasteiger partial charge on any atom is -0.458 e. The average molecular weight is 266 g/mol. The smallest absolute Gasteiger partial charge is 0.309 e. The standard InChI is InChI=1S/C15H22O4/c1-8-4-11(16)6-9(2)13(17)7-12-10(3)15(18)19-14(12)5-8/h5-6,10-14,16-17H,4,7H2,1-3H3/b8-5+,9-6+/t10-,11-,12-,13-,14+/m0/s1. The van der Waals surface area contributed by atoms with Crippen LogP contribution in [-0.2, 0) is 9.53 Å². The third-order valence-electron chi connectivity index (χ3n) is 4.14. The van der Waals surface area contributed by atoms with Crippen LogP contribution in [0.3, 0.4) is 0 Å². The van der Waals surface area contributed by atoms with Crippen LogP contribution in [0.25, 0.3) is 0 Å². The molecule has 1 heterocycles. The van der Waals surface area contributed by atoms with Crippen LogP contribution in [0.15, 0.2) is 23.3 Å². The van der Waals surface area contributed by atoms with Crippen LogP contribution in [0.4, 0.5) is 0 Å². The second-order valence-electron chi connectivity index (χ2n) is 5.80. The number of fused-ring (bicyclic) bond motifs is 1. The van der Waals surface area contributed by atoms with Gasteiger partial charge in [0.15, 0.2) is 0 Å². The Labute approximate surface area is 113 Å². The largest absolute Gasteiger partial charge is 0.458 e. The van der Waals surface area contributed by atoms with Gasteiger partial charge in [0.1, 0.15) is 6.10 Å². The van der Waals surface area contributed by atoms with E-state index in [1.807, 2.05) is 26.8 Å². The first-order valence-corrected chi connectivity index (χ1v) is 6.80. The van der Waals surface area contributed by atoms with Gasteiger partial charge in [0.25, 0.3) is 0 Å². The molecule has 4 heteroatoms. The molecule has 1 aliphatic carbocycles. The maximum absolute atomic E-state index is 11.7. The monoisotopic (exact) mass is 266 g/mol. The molecule has 106 valence electrons. The van der Waals surface area contributed by atoms with Gasteiger partial charge < -0.3 is 14.9 Å². The van der Waals surface area contributed by atoms with E-state index in [1.54, 1.807) is 6.08 Å². The highest BCUT2D eigenvalue weighted by Gasteiger charge is 2.41. The number of rotatable bonds is 0. The molecule has 0 amide bonds. The first-order chi connectivity index (χ1) is 8.88. The molecular weight excluding hydrogens is 244 g/mol. The topological polar surface area (TPSA) is 66.8 Å². The van der Waals surface area contributed by atoms with E-state index in [0.29, 0.717) is 12.8 Å². The van der Waals surface area contributed by atoms with Crippen molar-refractivity contribution in [3.05, 3.63) is 23.3 Å². The summed E-state index contributed by atoms with van der Waals surface area (Å²) in [5.41, 5.74) is 1.76. The van der Waals surface area contributed by atoms with Crippen LogP contribution >= 0.6 is 0 Å². The molecule has 19 heavy (non-hydrogen) atoms. The molecule has 2 N–H and O–H groups in total. The zero-order valence-electron chi connectivity index (χ0n) is 11.7. The van der Waals surface area contributed by atoms with E-state index in [9.17, 15) is 15.0 Å². The van der Waals surface area contributed by atoms with Crippen molar-refractivity contribution in [3.63, 3.8) is 0 Å². The molecule has 4 nitrogen and oxygen atoms in total. The molecule has 0 saturated carbocycles. The summed E-state index contributed by atoms with van der Waals surface area (Å²) in [5.74, 6) is -0.399. The Balaban J connectivity index is 2.31. The second-order valence-corrected chi connectivity index (χ2v) is 5.80. The summed E-state index contributed by atoms with van der Waals surface area (Å²) in [6.45, 7) is 5.59. The van der Waals surface area contributed by atoms with Crippen molar-refractivity contribution in [2.24, 2.45) is 11.8 Å². The minimum absolute atomic E-state index is 0.00366. The van der Waals surface area contributed by atoms with Crippen molar-refractivity contribution in [1.29, 1.82) is 0 Å². The van der Waals surface area contributed by atoms with Gasteiger partial charge in [-0.05, 0) is 38.3 Å². The van der Waals surface area contributed by atoms with Crippen LogP contribution in [0.5, 0.6) is 0 Å². The summed E-state index contributed by atoms with van der Waals surface area (Å²) < 4.78 is 5.37. The van der Waals surface area contributed by atoms with Crippen molar-refractivity contribution >= 4 is 5.97 Å². The number of esters is 1. The SMILES string of the molecule is C/C1=C\[C@H]2OC(=O)[C@@H](C)[C@@H]2C[C@H](O)/C(C)=C/[C@@H](O)C1. The van der Waals surface area contributed by atoms with E-state index in [-0.39, 0.29) is 23.9 Å². The Kier molecular flexibility index (Phi) is 4.11. The quantitative estimate of drug-likeness (QED) is 0.516. The molecule has 0 bridgehead atoms. The van der Waals surface area contributed by atoms with Crippen molar-refractivity contribution < 1.29 is 19.7 Å². The lowest BCUT2D eigenvalue weighted by Crippen LogP contribution is -2.26. The molecule has 0 aromatic carbocycles. The van der Waals surface area contributed by atoms with Crippen LogP contribution in [0, 0.1) is 11.8 Å². The molecule has 0 radical (unpaired) electrons. The van der Waals surface area contributed by atoms with Gasteiger partial charge in [0, 0.05) is 5.92 Å². The lowest BCUT2D eigenvalue weighted by Gasteiger charge is -2.23. The molecule has 0 spiro atoms. The highest BCUT2D eigenvalue weighted by molar-refractivity contribution is 5.75. The molecule has 0 aromatic rings. The lowest BCUT2D eigenvalue weighted by molar-refractivity contribution is -0.142. The summed E-state index contributed by atoms with van der Waals surface area (Å²) in [6, 6.07) is 0. The van der Waals surface area contributed by atoms with E-state index in [4.69, 9.17) is 4.74 Å². The van der Waals surface area contributed by atoms with Gasteiger partial charge in [-0.3, -0.25) is 4.79 Å². The van der Waals surface area contributed by atoms with Gasteiger partial charge >= 0.3 is 5.97 Å². The Morgan fingerprint density at radius 3 is 2.63 bits per heavy atom. The van der Waals surface area contributed by atoms with Crippen molar-refractivity contribution in [3.8, 4) is 0 Å². The summed E-state index contributed by atoms with van der Waals surface area (Å²) in [4.78, 5) is 11.7. The highest BCUT2D eigenvalue weighted by Crippen LogP contribution is 2.35. The van der Waals surface area contributed by atoms with Gasteiger partial charge in [0.05, 0.1) is 18.1 Å². The number of carbonyl (C=O) groups excluding carboxylic acids is 1. The molecule has 1 saturated heterocycles. The number of hydrogen-bond donors (Lipinski definition) is 2. The first kappa shape index (κ1) is 14.3. The predicted molar refractivity (Wildman–Crippen MR) is 71.3 cm³/mol. The second kappa shape index (κ2) is 5.47. The Hall–Kier alpha value is -1.13. The molecular formula is C15H22O4. The van der Waals surface area contributed by atoms with E-state index in [1.165, 1.54) is 0 Å². The molecule has 0 unspecified atom stereocenters. The Bertz CT molecular complexity index is 424. The Morgan fingerprint density at radius 1 is 1.26 bits per heavy atom. The van der Waals surface area contributed by atoms with E-state index < -0.39 is 12.2 Å². The Morgan fingerprint density at radius 2 is 1.95 bits per heavy atom. The fourth-order valence-electron chi connectivity index (χ4n) is 2.88. The lowest BCUT2D eigenvalue weighted by atomic mass is 9.83. The van der Waals surface area contributed by atoms with Crippen LogP contribution in [0.2, 0.25) is 0 Å². The fraction of sp³-hybridized carbons (Fsp3) is 0.667.